The maximum Gasteiger partial charge on any atom is 0.410 e. The number of rotatable bonds is 2. The molecule has 128 valence electrons. The normalized spacial score (nSPS) is 15.6. The van der Waals surface area contributed by atoms with Gasteiger partial charge in [-0.3, -0.25) is 4.79 Å². The zero-order valence-electron chi connectivity index (χ0n) is 14.1. The van der Waals surface area contributed by atoms with Gasteiger partial charge >= 0.3 is 6.09 Å². The van der Waals surface area contributed by atoms with Crippen molar-refractivity contribution in [1.82, 2.24) is 10.1 Å². The highest BCUT2D eigenvalue weighted by atomic mass is 16.6. The fourth-order valence-electron chi connectivity index (χ4n) is 2.67. The van der Waals surface area contributed by atoms with Crippen molar-refractivity contribution in [3.8, 4) is 0 Å². The number of amides is 1. The van der Waals surface area contributed by atoms with Gasteiger partial charge in [0.1, 0.15) is 11.9 Å². The summed E-state index contributed by atoms with van der Waals surface area (Å²) in [5.41, 5.74) is 0.649. The minimum Gasteiger partial charge on any atom is -0.444 e. The Labute approximate surface area is 140 Å². The molecule has 1 aromatic carbocycles. The van der Waals surface area contributed by atoms with Crippen molar-refractivity contribution < 1.29 is 18.8 Å². The van der Waals surface area contributed by atoms with E-state index in [0.717, 1.165) is 17.5 Å². The van der Waals surface area contributed by atoms with Crippen molar-refractivity contribution in [1.29, 1.82) is 0 Å². The number of carbonyl (C=O) groups excluding carboxylic acids is 2. The molecule has 1 saturated heterocycles. The molecule has 2 aromatic rings. The van der Waals surface area contributed by atoms with Crippen molar-refractivity contribution in [2.24, 2.45) is 0 Å². The first kappa shape index (κ1) is 16.3. The van der Waals surface area contributed by atoms with Crippen LogP contribution in [-0.4, -0.2) is 54.2 Å². The number of benzene rings is 1. The third kappa shape index (κ3) is 3.34. The molecule has 7 nitrogen and oxygen atoms in total. The zero-order chi connectivity index (χ0) is 17.3. The predicted molar refractivity (Wildman–Crippen MR) is 89.4 cm³/mol. The number of piperazine rings is 1. The Morgan fingerprint density at radius 2 is 1.96 bits per heavy atom. The molecule has 0 N–H and O–H groups in total. The Morgan fingerprint density at radius 3 is 2.58 bits per heavy atom. The number of anilines is 1. The number of hydrogen-bond donors (Lipinski definition) is 0. The molecule has 2 heterocycles. The van der Waals surface area contributed by atoms with Crippen LogP contribution in [-0.2, 0) is 4.74 Å². The van der Waals surface area contributed by atoms with Gasteiger partial charge in [-0.1, -0.05) is 11.2 Å². The van der Waals surface area contributed by atoms with E-state index in [9.17, 15) is 9.59 Å². The van der Waals surface area contributed by atoms with Crippen LogP contribution >= 0.6 is 0 Å². The van der Waals surface area contributed by atoms with Crippen molar-refractivity contribution in [3.05, 3.63) is 23.8 Å². The van der Waals surface area contributed by atoms with Gasteiger partial charge in [-0.2, -0.15) is 0 Å². The van der Waals surface area contributed by atoms with Gasteiger partial charge < -0.3 is 19.1 Å². The molecule has 0 saturated carbocycles. The summed E-state index contributed by atoms with van der Waals surface area (Å²) < 4.78 is 10.7. The number of carbonyl (C=O) groups is 2. The van der Waals surface area contributed by atoms with Gasteiger partial charge in [-0.15, -0.1) is 0 Å². The average molecular weight is 331 g/mol. The van der Waals surface area contributed by atoms with Crippen LogP contribution in [0.3, 0.4) is 0 Å². The maximum atomic E-state index is 12.1. The molecule has 0 spiro atoms. The predicted octanol–water partition coefficient (Wildman–Crippen LogP) is 2.70. The van der Waals surface area contributed by atoms with Crippen molar-refractivity contribution in [2.45, 2.75) is 26.4 Å². The fraction of sp³-hybridized carbons (Fsp3) is 0.471. The maximum absolute atomic E-state index is 12.1. The topological polar surface area (TPSA) is 75.9 Å². The second-order valence-corrected chi connectivity index (χ2v) is 6.83. The number of nitrogens with zero attached hydrogens (tertiary/aromatic N) is 3. The Balaban J connectivity index is 1.69. The highest BCUT2D eigenvalue weighted by Crippen LogP contribution is 2.27. The Hall–Kier alpha value is -2.57. The van der Waals surface area contributed by atoms with Crippen LogP contribution < -0.4 is 4.90 Å². The van der Waals surface area contributed by atoms with E-state index in [1.54, 1.807) is 17.0 Å². The molecule has 3 rings (SSSR count). The summed E-state index contributed by atoms with van der Waals surface area (Å²) in [7, 11) is 0. The van der Waals surface area contributed by atoms with Crippen LogP contribution in [0.1, 0.15) is 31.1 Å². The molecule has 1 aliphatic heterocycles. The highest BCUT2D eigenvalue weighted by molar-refractivity contribution is 5.92. The number of ether oxygens (including phenoxy) is 1. The second kappa shape index (κ2) is 6.14. The first-order chi connectivity index (χ1) is 11.4. The molecular formula is C17H21N3O4. The van der Waals surface area contributed by atoms with Crippen molar-refractivity contribution in [2.75, 3.05) is 31.1 Å². The van der Waals surface area contributed by atoms with Gasteiger partial charge in [0.15, 0.2) is 11.4 Å². The van der Waals surface area contributed by atoms with Crippen LogP contribution in [0.15, 0.2) is 22.7 Å². The Morgan fingerprint density at radius 1 is 1.25 bits per heavy atom. The lowest BCUT2D eigenvalue weighted by atomic mass is 10.1. The monoisotopic (exact) mass is 331 g/mol. The van der Waals surface area contributed by atoms with Crippen LogP contribution in [0.4, 0.5) is 10.6 Å². The zero-order valence-corrected chi connectivity index (χ0v) is 14.1. The quantitative estimate of drug-likeness (QED) is 0.788. The second-order valence-electron chi connectivity index (χ2n) is 6.83. The molecule has 1 amide bonds. The molecule has 0 bridgehead atoms. The van der Waals surface area contributed by atoms with Crippen LogP contribution in [0.25, 0.3) is 11.0 Å². The van der Waals surface area contributed by atoms with E-state index >= 15 is 0 Å². The van der Waals surface area contributed by atoms with E-state index < -0.39 is 5.60 Å². The fourth-order valence-corrected chi connectivity index (χ4v) is 2.67. The lowest BCUT2D eigenvalue weighted by Gasteiger charge is -2.35. The van der Waals surface area contributed by atoms with E-state index in [-0.39, 0.29) is 6.09 Å². The standard InChI is InChI=1S/C17H21N3O4/c1-17(2,3)23-16(22)20-8-6-19(7-9-20)15-13-5-4-12(11-21)10-14(13)24-18-15/h4-5,10-11H,6-9H2,1-3H3. The van der Waals surface area contributed by atoms with Crippen molar-refractivity contribution in [3.63, 3.8) is 0 Å². The molecule has 24 heavy (non-hydrogen) atoms. The smallest absolute Gasteiger partial charge is 0.410 e. The highest BCUT2D eigenvalue weighted by Gasteiger charge is 2.27. The average Bonchev–Trinajstić information content (AvgIpc) is 2.96. The summed E-state index contributed by atoms with van der Waals surface area (Å²) in [5, 5.41) is 4.99. The summed E-state index contributed by atoms with van der Waals surface area (Å²) in [4.78, 5) is 26.7. The van der Waals surface area contributed by atoms with Crippen LogP contribution in [0.5, 0.6) is 0 Å². The van der Waals surface area contributed by atoms with E-state index in [1.807, 2.05) is 26.8 Å². The Kier molecular flexibility index (Phi) is 4.17. The largest absolute Gasteiger partial charge is 0.444 e. The molecule has 7 heteroatoms. The minimum atomic E-state index is -0.493. The molecule has 0 aliphatic carbocycles. The summed E-state index contributed by atoms with van der Waals surface area (Å²) in [6, 6.07) is 5.26. The lowest BCUT2D eigenvalue weighted by Crippen LogP contribution is -2.50. The first-order valence-corrected chi connectivity index (χ1v) is 7.95. The van der Waals surface area contributed by atoms with Gasteiger partial charge in [0, 0.05) is 31.7 Å². The number of aromatic nitrogens is 1. The lowest BCUT2D eigenvalue weighted by molar-refractivity contribution is 0.0240. The van der Waals surface area contributed by atoms with Gasteiger partial charge in [0.2, 0.25) is 0 Å². The van der Waals surface area contributed by atoms with E-state index in [1.165, 1.54) is 0 Å². The molecule has 0 radical (unpaired) electrons. The summed E-state index contributed by atoms with van der Waals surface area (Å²) >= 11 is 0. The summed E-state index contributed by atoms with van der Waals surface area (Å²) in [5.74, 6) is 0.742. The first-order valence-electron chi connectivity index (χ1n) is 7.95. The van der Waals surface area contributed by atoms with E-state index in [2.05, 4.69) is 10.1 Å². The molecule has 1 fully saturated rings. The third-order valence-corrected chi connectivity index (χ3v) is 3.84. The van der Waals surface area contributed by atoms with E-state index in [0.29, 0.717) is 37.3 Å². The van der Waals surface area contributed by atoms with Gasteiger partial charge in [0.05, 0.1) is 5.39 Å². The molecule has 0 unspecified atom stereocenters. The van der Waals surface area contributed by atoms with Gasteiger partial charge in [-0.25, -0.2) is 4.79 Å². The Bertz CT molecular complexity index is 755. The summed E-state index contributed by atoms with van der Waals surface area (Å²) in [6.07, 6.45) is 0.490. The van der Waals surface area contributed by atoms with Gasteiger partial charge in [0.25, 0.3) is 0 Å². The SMILES string of the molecule is CC(C)(C)OC(=O)N1CCN(c2noc3cc(C=O)ccc23)CC1. The number of fused-ring (bicyclic) bond motifs is 1. The van der Waals surface area contributed by atoms with Crippen LogP contribution in [0, 0.1) is 0 Å². The summed E-state index contributed by atoms with van der Waals surface area (Å²) in [6.45, 7) is 8.00. The molecule has 1 aromatic heterocycles. The number of aldehydes is 1. The number of hydrogen-bond acceptors (Lipinski definition) is 6. The third-order valence-electron chi connectivity index (χ3n) is 3.84. The molecular weight excluding hydrogens is 310 g/mol. The van der Waals surface area contributed by atoms with Crippen LogP contribution in [0.2, 0.25) is 0 Å². The van der Waals surface area contributed by atoms with E-state index in [4.69, 9.17) is 9.26 Å². The minimum absolute atomic E-state index is 0.289. The molecule has 0 atom stereocenters. The van der Waals surface area contributed by atoms with Gasteiger partial charge in [-0.05, 0) is 32.9 Å². The molecule has 1 aliphatic rings. The van der Waals surface area contributed by atoms with Crippen molar-refractivity contribution >= 4 is 29.2 Å².